The Balaban J connectivity index is 1.38. The van der Waals surface area contributed by atoms with E-state index in [0.717, 1.165) is 36.2 Å². The lowest BCUT2D eigenvalue weighted by molar-refractivity contribution is 0.0901. The summed E-state index contributed by atoms with van der Waals surface area (Å²) in [6.45, 7) is 2.22. The number of hydrogen-bond acceptors (Lipinski definition) is 10. The molecule has 12 nitrogen and oxygen atoms in total. The molecule has 0 bridgehead atoms. The number of nitrogens with one attached hydrogen (secondary N) is 1. The second-order valence-corrected chi connectivity index (χ2v) is 9.95. The SMILES string of the molecule is O=c1[nH]c2cc3c(cc2cc1[C@H](c1nnnn1C[C@@H]1CCCO1)N(Cc1cccnc1)Cc1ccco1)OCO3. The van der Waals surface area contributed by atoms with E-state index >= 15 is 0 Å². The summed E-state index contributed by atoms with van der Waals surface area (Å²) >= 11 is 0. The summed E-state index contributed by atoms with van der Waals surface area (Å²) in [6, 6.07) is 12.6. The third-order valence-electron chi connectivity index (χ3n) is 7.28. The van der Waals surface area contributed by atoms with Crippen molar-refractivity contribution in [1.82, 2.24) is 35.1 Å². The average molecular weight is 542 g/mol. The molecule has 4 aromatic heterocycles. The van der Waals surface area contributed by atoms with Crippen molar-refractivity contribution < 1.29 is 18.6 Å². The summed E-state index contributed by atoms with van der Waals surface area (Å²) in [5.74, 6) is 2.52. The summed E-state index contributed by atoms with van der Waals surface area (Å²) in [4.78, 5) is 23.3. The molecule has 5 aromatic rings. The van der Waals surface area contributed by atoms with Crippen LogP contribution in [0.2, 0.25) is 0 Å². The molecule has 1 N–H and O–H groups in total. The van der Waals surface area contributed by atoms with Gasteiger partial charge in [0.15, 0.2) is 17.3 Å². The molecule has 1 aromatic carbocycles. The monoisotopic (exact) mass is 541 g/mol. The zero-order valence-electron chi connectivity index (χ0n) is 21.6. The minimum atomic E-state index is -0.625. The van der Waals surface area contributed by atoms with Crippen LogP contribution in [-0.2, 0) is 24.4 Å². The fourth-order valence-corrected chi connectivity index (χ4v) is 5.40. The second-order valence-electron chi connectivity index (χ2n) is 9.95. The molecule has 0 spiro atoms. The number of tetrazole rings is 1. The summed E-state index contributed by atoms with van der Waals surface area (Å²) in [5.41, 5.74) is 1.86. The van der Waals surface area contributed by atoms with Crippen LogP contribution in [-0.4, -0.2) is 54.6 Å². The van der Waals surface area contributed by atoms with Gasteiger partial charge >= 0.3 is 0 Å². The lowest BCUT2D eigenvalue weighted by atomic mass is 10.0. The van der Waals surface area contributed by atoms with Crippen LogP contribution in [0.25, 0.3) is 10.9 Å². The molecule has 1 saturated heterocycles. The van der Waals surface area contributed by atoms with Crippen LogP contribution in [0, 0.1) is 0 Å². The third-order valence-corrected chi connectivity index (χ3v) is 7.28. The van der Waals surface area contributed by atoms with Crippen LogP contribution >= 0.6 is 0 Å². The van der Waals surface area contributed by atoms with Crippen molar-refractivity contribution in [2.45, 2.75) is 44.6 Å². The van der Waals surface area contributed by atoms with Gasteiger partial charge in [-0.3, -0.25) is 14.7 Å². The lowest BCUT2D eigenvalue weighted by Gasteiger charge is -2.30. The first kappa shape index (κ1) is 24.5. The van der Waals surface area contributed by atoms with Gasteiger partial charge in [-0.25, -0.2) is 4.68 Å². The topological polar surface area (TPSA) is 133 Å². The van der Waals surface area contributed by atoms with E-state index in [0.29, 0.717) is 48.0 Å². The van der Waals surface area contributed by atoms with Crippen LogP contribution in [0.5, 0.6) is 11.5 Å². The zero-order valence-corrected chi connectivity index (χ0v) is 21.6. The Bertz CT molecular complexity index is 1660. The van der Waals surface area contributed by atoms with Crippen LogP contribution in [0.1, 0.15) is 41.6 Å². The van der Waals surface area contributed by atoms with Gasteiger partial charge in [-0.15, -0.1) is 5.10 Å². The van der Waals surface area contributed by atoms with Crippen molar-refractivity contribution in [1.29, 1.82) is 0 Å². The normalized spacial score (nSPS) is 17.2. The van der Waals surface area contributed by atoms with Crippen molar-refractivity contribution in [3.63, 3.8) is 0 Å². The van der Waals surface area contributed by atoms with Crippen LogP contribution < -0.4 is 15.0 Å². The number of hydrogen-bond donors (Lipinski definition) is 1. The highest BCUT2D eigenvalue weighted by Crippen LogP contribution is 2.37. The summed E-state index contributed by atoms with van der Waals surface area (Å²) in [5, 5.41) is 13.6. The quantitative estimate of drug-likeness (QED) is 0.297. The van der Waals surface area contributed by atoms with E-state index in [1.165, 1.54) is 0 Å². The summed E-state index contributed by atoms with van der Waals surface area (Å²) in [7, 11) is 0. The number of ether oxygens (including phenoxy) is 3. The minimum absolute atomic E-state index is 0.00868. The van der Waals surface area contributed by atoms with E-state index in [2.05, 4.69) is 30.4 Å². The number of pyridine rings is 2. The predicted molar refractivity (Wildman–Crippen MR) is 142 cm³/mol. The maximum Gasteiger partial charge on any atom is 0.253 e. The van der Waals surface area contributed by atoms with Gasteiger partial charge in [-0.2, -0.15) is 0 Å². The number of furan rings is 1. The number of H-pyrrole nitrogens is 1. The highest BCUT2D eigenvalue weighted by Gasteiger charge is 2.33. The van der Waals surface area contributed by atoms with Gasteiger partial charge < -0.3 is 23.6 Å². The Morgan fingerprint density at radius 2 is 2.05 bits per heavy atom. The summed E-state index contributed by atoms with van der Waals surface area (Å²) in [6.07, 6.45) is 7.12. The van der Waals surface area contributed by atoms with Gasteiger partial charge in [0.05, 0.1) is 31.0 Å². The molecule has 40 heavy (non-hydrogen) atoms. The van der Waals surface area contributed by atoms with Crippen molar-refractivity contribution in [3.05, 3.63) is 94.2 Å². The van der Waals surface area contributed by atoms with Crippen molar-refractivity contribution in [2.24, 2.45) is 0 Å². The number of aromatic amines is 1. The number of fused-ring (bicyclic) bond motifs is 2. The van der Waals surface area contributed by atoms with Gasteiger partial charge in [-0.05, 0) is 59.2 Å². The van der Waals surface area contributed by atoms with Crippen molar-refractivity contribution >= 4 is 10.9 Å². The van der Waals surface area contributed by atoms with Crippen molar-refractivity contribution in [2.75, 3.05) is 13.4 Å². The molecule has 2 aliphatic rings. The molecule has 0 unspecified atom stereocenters. The van der Waals surface area contributed by atoms with E-state index < -0.39 is 6.04 Å². The molecular formula is C28H27N7O5. The molecule has 1 fully saturated rings. The fraction of sp³-hybridized carbons (Fsp3) is 0.321. The molecule has 0 aliphatic carbocycles. The Labute approximate surface area is 228 Å². The van der Waals surface area contributed by atoms with Gasteiger partial charge in [0.1, 0.15) is 11.8 Å². The highest BCUT2D eigenvalue weighted by molar-refractivity contribution is 5.83. The van der Waals surface area contributed by atoms with E-state index in [9.17, 15) is 4.79 Å². The molecule has 6 heterocycles. The standard InChI is InChI=1S/C28H27N7O5/c36-28-22(10-19-11-24-25(40-17-39-24)12-23(19)30-28)26(27-31-32-33-35(27)16-21-6-3-9-38-21)34(15-20-5-2-8-37-20)14-18-4-1-7-29-13-18/h1-2,4-5,7-8,10-13,21,26H,3,6,9,14-17H2,(H,30,36)/t21-,26+/m0/s1. The predicted octanol–water partition coefficient (Wildman–Crippen LogP) is 3.20. The minimum Gasteiger partial charge on any atom is -0.468 e. The molecule has 0 amide bonds. The number of benzene rings is 1. The number of aromatic nitrogens is 6. The van der Waals surface area contributed by atoms with Gasteiger partial charge in [0, 0.05) is 42.6 Å². The molecule has 0 radical (unpaired) electrons. The first-order valence-electron chi connectivity index (χ1n) is 13.2. The number of rotatable bonds is 9. The van der Waals surface area contributed by atoms with E-state index in [4.69, 9.17) is 18.6 Å². The Hall–Kier alpha value is -4.55. The lowest BCUT2D eigenvalue weighted by Crippen LogP contribution is -2.35. The van der Waals surface area contributed by atoms with Gasteiger partial charge in [0.25, 0.3) is 5.56 Å². The van der Waals surface area contributed by atoms with Crippen LogP contribution in [0.4, 0.5) is 0 Å². The highest BCUT2D eigenvalue weighted by atomic mass is 16.7. The smallest absolute Gasteiger partial charge is 0.253 e. The largest absolute Gasteiger partial charge is 0.468 e. The second kappa shape index (κ2) is 10.5. The Morgan fingerprint density at radius 3 is 2.85 bits per heavy atom. The maximum absolute atomic E-state index is 13.8. The van der Waals surface area contributed by atoms with Crippen molar-refractivity contribution in [3.8, 4) is 11.5 Å². The molecule has 204 valence electrons. The zero-order chi connectivity index (χ0) is 26.9. The third kappa shape index (κ3) is 4.82. The first-order chi connectivity index (χ1) is 19.7. The molecule has 12 heteroatoms. The fourth-order valence-electron chi connectivity index (χ4n) is 5.40. The number of nitrogens with zero attached hydrogens (tertiary/aromatic N) is 6. The van der Waals surface area contributed by atoms with E-state index in [-0.39, 0.29) is 18.5 Å². The van der Waals surface area contributed by atoms with Gasteiger partial charge in [-0.1, -0.05) is 6.07 Å². The molecular weight excluding hydrogens is 514 g/mol. The van der Waals surface area contributed by atoms with Gasteiger partial charge in [0.2, 0.25) is 6.79 Å². The van der Waals surface area contributed by atoms with Crippen LogP contribution in [0.3, 0.4) is 0 Å². The van der Waals surface area contributed by atoms with Crippen LogP contribution in [0.15, 0.2) is 70.3 Å². The molecule has 2 aliphatic heterocycles. The molecule has 2 atom stereocenters. The maximum atomic E-state index is 13.8. The van der Waals surface area contributed by atoms with E-state index in [1.54, 1.807) is 23.2 Å². The first-order valence-corrected chi connectivity index (χ1v) is 13.2. The Kier molecular flexibility index (Phi) is 6.46. The molecule has 0 saturated carbocycles. The van der Waals surface area contributed by atoms with E-state index in [1.807, 2.05) is 42.6 Å². The summed E-state index contributed by atoms with van der Waals surface area (Å²) < 4.78 is 24.5. The molecule has 7 rings (SSSR count). The Morgan fingerprint density at radius 1 is 1.12 bits per heavy atom. The average Bonchev–Trinajstić information content (AvgIpc) is 3.78.